The molecule has 0 unspecified atom stereocenters. The SMILES string of the molecule is C=C(C)C(=O)OCCCCCCN(C)c1ccc(N=Nc2ccc(C=C(C#N)S(C)(=O)=O)cc2)cc1. The molecule has 2 aromatic rings. The second-order valence-corrected chi connectivity index (χ2v) is 10.4. The summed E-state index contributed by atoms with van der Waals surface area (Å²) in [6, 6.07) is 16.3. The Morgan fingerprint density at radius 3 is 2.11 bits per heavy atom. The number of azo groups is 1. The molecule has 9 heteroatoms. The van der Waals surface area contributed by atoms with Gasteiger partial charge in [-0.1, -0.05) is 25.1 Å². The average Bonchev–Trinajstić information content (AvgIpc) is 2.85. The molecular formula is C27H32N4O4S. The zero-order valence-electron chi connectivity index (χ0n) is 21.0. The molecular weight excluding hydrogens is 476 g/mol. The van der Waals surface area contributed by atoms with Crippen molar-refractivity contribution in [3.63, 3.8) is 0 Å². The Morgan fingerprint density at radius 2 is 1.58 bits per heavy atom. The smallest absolute Gasteiger partial charge is 0.333 e. The van der Waals surface area contributed by atoms with Crippen molar-refractivity contribution in [2.45, 2.75) is 32.6 Å². The minimum Gasteiger partial charge on any atom is -0.462 e. The van der Waals surface area contributed by atoms with Gasteiger partial charge in [0.15, 0.2) is 9.84 Å². The molecule has 0 atom stereocenters. The summed E-state index contributed by atoms with van der Waals surface area (Å²) in [5, 5.41) is 17.5. The van der Waals surface area contributed by atoms with E-state index in [4.69, 9.17) is 10.00 Å². The van der Waals surface area contributed by atoms with Crippen LogP contribution in [-0.4, -0.2) is 40.8 Å². The third kappa shape index (κ3) is 9.84. The second-order valence-electron chi connectivity index (χ2n) is 8.45. The predicted molar refractivity (Wildman–Crippen MR) is 143 cm³/mol. The van der Waals surface area contributed by atoms with Gasteiger partial charge in [-0.3, -0.25) is 0 Å². The summed E-state index contributed by atoms with van der Waals surface area (Å²) in [6.45, 7) is 6.56. The van der Waals surface area contributed by atoms with Gasteiger partial charge < -0.3 is 9.64 Å². The number of ether oxygens (including phenoxy) is 1. The minimum absolute atomic E-state index is 0.288. The topological polar surface area (TPSA) is 112 Å². The van der Waals surface area contributed by atoms with Crippen molar-refractivity contribution >= 4 is 38.9 Å². The van der Waals surface area contributed by atoms with Gasteiger partial charge in [-0.2, -0.15) is 15.5 Å². The maximum Gasteiger partial charge on any atom is 0.333 e. The number of hydrogen-bond acceptors (Lipinski definition) is 8. The van der Waals surface area contributed by atoms with Crippen LogP contribution in [0.15, 0.2) is 75.8 Å². The number of unbranched alkanes of at least 4 members (excludes halogenated alkanes) is 3. The molecule has 0 aliphatic carbocycles. The summed E-state index contributed by atoms with van der Waals surface area (Å²) in [7, 11) is -1.51. The fraction of sp³-hybridized carbons (Fsp3) is 0.333. The number of nitrogens with zero attached hydrogens (tertiary/aromatic N) is 4. The van der Waals surface area contributed by atoms with Crippen molar-refractivity contribution < 1.29 is 17.9 Å². The van der Waals surface area contributed by atoms with Gasteiger partial charge in [0.05, 0.1) is 18.0 Å². The van der Waals surface area contributed by atoms with Crippen LogP contribution < -0.4 is 4.90 Å². The number of esters is 1. The Bertz CT molecular complexity index is 1240. The minimum atomic E-state index is -3.56. The van der Waals surface area contributed by atoms with Gasteiger partial charge in [0.1, 0.15) is 11.0 Å². The van der Waals surface area contributed by atoms with E-state index in [1.54, 1.807) is 37.3 Å². The van der Waals surface area contributed by atoms with E-state index in [0.29, 0.717) is 29.1 Å². The Kier molecular flexibility index (Phi) is 11.0. The van der Waals surface area contributed by atoms with E-state index >= 15 is 0 Å². The third-order valence-corrected chi connectivity index (χ3v) is 6.25. The van der Waals surface area contributed by atoms with Crippen LogP contribution in [0.2, 0.25) is 0 Å². The number of carbonyl (C=O) groups is 1. The number of allylic oxidation sites excluding steroid dienone is 1. The molecule has 0 aromatic heterocycles. The molecule has 0 radical (unpaired) electrons. The summed E-state index contributed by atoms with van der Waals surface area (Å²) in [6.07, 6.45) is 6.28. The molecule has 2 rings (SSSR count). The molecule has 36 heavy (non-hydrogen) atoms. The van der Waals surface area contributed by atoms with Crippen molar-refractivity contribution in [1.82, 2.24) is 0 Å². The number of anilines is 1. The summed E-state index contributed by atoms with van der Waals surface area (Å²) in [5.41, 5.74) is 3.43. The highest BCUT2D eigenvalue weighted by molar-refractivity contribution is 7.95. The van der Waals surface area contributed by atoms with Crippen molar-refractivity contribution in [2.75, 3.05) is 31.4 Å². The molecule has 0 bridgehead atoms. The lowest BCUT2D eigenvalue weighted by Crippen LogP contribution is -2.18. The van der Waals surface area contributed by atoms with Crippen LogP contribution in [0.1, 0.15) is 38.2 Å². The molecule has 0 saturated carbocycles. The first-order valence-electron chi connectivity index (χ1n) is 11.6. The molecule has 8 nitrogen and oxygen atoms in total. The third-order valence-electron chi connectivity index (χ3n) is 5.24. The van der Waals surface area contributed by atoms with Crippen LogP contribution in [0.5, 0.6) is 0 Å². The van der Waals surface area contributed by atoms with Crippen molar-refractivity contribution in [3.8, 4) is 6.07 Å². The maximum absolute atomic E-state index is 11.6. The highest BCUT2D eigenvalue weighted by Gasteiger charge is 2.10. The van der Waals surface area contributed by atoms with Crippen LogP contribution >= 0.6 is 0 Å². The van der Waals surface area contributed by atoms with Gasteiger partial charge in [0, 0.05) is 31.1 Å². The lowest BCUT2D eigenvalue weighted by molar-refractivity contribution is -0.139. The first-order chi connectivity index (χ1) is 17.1. The Hall–Kier alpha value is -3.77. The number of benzene rings is 2. The fourth-order valence-corrected chi connectivity index (χ4v) is 3.64. The normalized spacial score (nSPS) is 11.8. The van der Waals surface area contributed by atoms with Gasteiger partial charge in [0.2, 0.25) is 0 Å². The van der Waals surface area contributed by atoms with Gasteiger partial charge in [-0.25, -0.2) is 13.2 Å². The molecule has 0 heterocycles. The zero-order valence-corrected chi connectivity index (χ0v) is 21.8. The number of hydrogen-bond donors (Lipinski definition) is 0. The van der Waals surface area contributed by atoms with Crippen LogP contribution in [-0.2, 0) is 19.4 Å². The summed E-state index contributed by atoms with van der Waals surface area (Å²) < 4.78 is 28.2. The van der Waals surface area contributed by atoms with Crippen LogP contribution in [0, 0.1) is 11.3 Å². The number of sulfone groups is 1. The number of carbonyl (C=O) groups excluding carboxylic acids is 1. The summed E-state index contributed by atoms with van der Waals surface area (Å²) in [5.74, 6) is -0.329. The first-order valence-corrected chi connectivity index (χ1v) is 13.5. The highest BCUT2D eigenvalue weighted by Crippen LogP contribution is 2.23. The monoisotopic (exact) mass is 508 g/mol. The van der Waals surface area contributed by atoms with Gasteiger partial charge in [-0.15, -0.1) is 0 Å². The largest absolute Gasteiger partial charge is 0.462 e. The maximum atomic E-state index is 11.6. The van der Waals surface area contributed by atoms with Crippen LogP contribution in [0.4, 0.5) is 17.1 Å². The van der Waals surface area contributed by atoms with E-state index in [0.717, 1.165) is 44.2 Å². The predicted octanol–water partition coefficient (Wildman–Crippen LogP) is 6.13. The molecule has 0 spiro atoms. The Labute approximate surface area is 213 Å². The van der Waals surface area contributed by atoms with Gasteiger partial charge in [0.25, 0.3) is 0 Å². The molecule has 0 aliphatic rings. The molecule has 0 amide bonds. The molecule has 190 valence electrons. The van der Waals surface area contributed by atoms with Crippen molar-refractivity contribution in [1.29, 1.82) is 5.26 Å². The summed E-state index contributed by atoms with van der Waals surface area (Å²) >= 11 is 0. The fourth-order valence-electron chi connectivity index (χ4n) is 3.12. The molecule has 0 N–H and O–H groups in total. The lowest BCUT2D eigenvalue weighted by Gasteiger charge is -2.19. The highest BCUT2D eigenvalue weighted by atomic mass is 32.2. The van der Waals surface area contributed by atoms with E-state index < -0.39 is 9.84 Å². The summed E-state index contributed by atoms with van der Waals surface area (Å²) in [4.78, 5) is 13.2. The van der Waals surface area contributed by atoms with Crippen molar-refractivity contribution in [2.24, 2.45) is 10.2 Å². The first kappa shape index (κ1) is 28.5. The van der Waals surface area contributed by atoms with Crippen LogP contribution in [0.25, 0.3) is 6.08 Å². The van der Waals surface area contributed by atoms with E-state index in [1.165, 1.54) is 6.08 Å². The average molecular weight is 509 g/mol. The molecule has 0 aliphatic heterocycles. The van der Waals surface area contributed by atoms with E-state index in [-0.39, 0.29) is 10.9 Å². The second kappa shape index (κ2) is 14.0. The van der Waals surface area contributed by atoms with Gasteiger partial charge >= 0.3 is 5.97 Å². The molecule has 2 aromatic carbocycles. The molecule has 0 fully saturated rings. The lowest BCUT2D eigenvalue weighted by atomic mass is 10.2. The van der Waals surface area contributed by atoms with E-state index in [1.807, 2.05) is 31.3 Å². The van der Waals surface area contributed by atoms with Gasteiger partial charge in [-0.05, 0) is 74.2 Å². The van der Waals surface area contributed by atoms with E-state index in [9.17, 15) is 13.2 Å². The number of nitriles is 1. The van der Waals surface area contributed by atoms with E-state index in [2.05, 4.69) is 21.7 Å². The Morgan fingerprint density at radius 1 is 1.03 bits per heavy atom. The van der Waals surface area contributed by atoms with Crippen molar-refractivity contribution in [3.05, 3.63) is 71.2 Å². The standard InChI is InChI=1S/C27H32N4O4S/c1-21(2)27(32)35-18-8-6-5-7-17-31(3)25-15-13-24(14-16-25)30-29-23-11-9-22(10-12-23)19-26(20-28)36(4,33)34/h9-16,19H,1,5-8,17-18H2,2-4H3. The quantitative estimate of drug-likeness (QED) is 0.106. The zero-order chi connectivity index (χ0) is 26.6. The van der Waals surface area contributed by atoms with Crippen LogP contribution in [0.3, 0.4) is 0 Å². The number of rotatable bonds is 13. The molecule has 0 saturated heterocycles. The Balaban J connectivity index is 1.80.